The predicted octanol–water partition coefficient (Wildman–Crippen LogP) is 2.29. The van der Waals surface area contributed by atoms with Crippen molar-refractivity contribution < 1.29 is 8.42 Å². The van der Waals surface area contributed by atoms with E-state index in [-0.39, 0.29) is 6.04 Å². The summed E-state index contributed by atoms with van der Waals surface area (Å²) in [5.74, 6) is 0. The van der Waals surface area contributed by atoms with Crippen molar-refractivity contribution in [3.63, 3.8) is 0 Å². The van der Waals surface area contributed by atoms with Crippen LogP contribution >= 0.6 is 11.3 Å². The fourth-order valence-electron chi connectivity index (χ4n) is 1.83. The van der Waals surface area contributed by atoms with Gasteiger partial charge in [-0.15, -0.1) is 11.3 Å². The second-order valence-electron chi connectivity index (χ2n) is 4.60. The number of nitrogens with zero attached hydrogens (tertiary/aromatic N) is 1. The third kappa shape index (κ3) is 4.34. The first-order valence-electron chi connectivity index (χ1n) is 6.75. The maximum Gasteiger partial charge on any atom is 0.250 e. The van der Waals surface area contributed by atoms with Crippen LogP contribution < -0.4 is 10.0 Å². The average Bonchev–Trinajstić information content (AvgIpc) is 2.95. The third-order valence-electron chi connectivity index (χ3n) is 2.91. The first kappa shape index (κ1) is 16.1. The molecule has 0 aromatic carbocycles. The zero-order valence-electron chi connectivity index (χ0n) is 12.0. The van der Waals surface area contributed by atoms with Gasteiger partial charge in [0.05, 0.1) is 11.7 Å². The highest BCUT2D eigenvalue weighted by molar-refractivity contribution is 7.91. The molecule has 0 fully saturated rings. The Kier molecular flexibility index (Phi) is 5.46. The van der Waals surface area contributed by atoms with Gasteiger partial charge in [0.2, 0.25) is 0 Å². The molecule has 114 valence electrons. The van der Waals surface area contributed by atoms with Crippen LogP contribution in [0.15, 0.2) is 40.7 Å². The van der Waals surface area contributed by atoms with Crippen LogP contribution in [0.25, 0.3) is 0 Å². The number of aromatic nitrogens is 1. The van der Waals surface area contributed by atoms with Crippen molar-refractivity contribution in [3.8, 4) is 0 Å². The summed E-state index contributed by atoms with van der Waals surface area (Å²) >= 11 is 1.28. The van der Waals surface area contributed by atoms with Crippen LogP contribution in [-0.2, 0) is 16.6 Å². The standard InChI is InChI=1S/C14H19N3O2S2/c1-3-15-10-12-7-8-14(20-12)21(18,19)17-11(2)13-6-4-5-9-16-13/h4-9,11,15,17H,3,10H2,1-2H3. The largest absolute Gasteiger partial charge is 0.312 e. The van der Waals surface area contributed by atoms with Gasteiger partial charge in [0.25, 0.3) is 10.0 Å². The maximum absolute atomic E-state index is 12.4. The lowest BCUT2D eigenvalue weighted by atomic mass is 10.2. The highest BCUT2D eigenvalue weighted by Crippen LogP contribution is 2.23. The van der Waals surface area contributed by atoms with Crippen molar-refractivity contribution in [1.29, 1.82) is 0 Å². The topological polar surface area (TPSA) is 71.1 Å². The summed E-state index contributed by atoms with van der Waals surface area (Å²) in [7, 11) is -3.51. The first-order valence-corrected chi connectivity index (χ1v) is 9.05. The molecule has 0 bridgehead atoms. The molecule has 0 saturated heterocycles. The Morgan fingerprint density at radius 3 is 2.76 bits per heavy atom. The molecule has 2 rings (SSSR count). The summed E-state index contributed by atoms with van der Waals surface area (Å²) in [6, 6.07) is 8.57. The molecule has 0 spiro atoms. The van der Waals surface area contributed by atoms with Crippen LogP contribution in [0.1, 0.15) is 30.5 Å². The second kappa shape index (κ2) is 7.13. The molecule has 2 heterocycles. The Balaban J connectivity index is 2.09. The number of thiophene rings is 1. The van der Waals surface area contributed by atoms with E-state index < -0.39 is 10.0 Å². The van der Waals surface area contributed by atoms with Crippen molar-refractivity contribution in [2.75, 3.05) is 6.54 Å². The Labute approximate surface area is 129 Å². The molecular formula is C14H19N3O2S2. The van der Waals surface area contributed by atoms with Crippen LogP contribution in [-0.4, -0.2) is 19.9 Å². The lowest BCUT2D eigenvalue weighted by Gasteiger charge is -2.12. The van der Waals surface area contributed by atoms with Crippen molar-refractivity contribution in [2.45, 2.75) is 30.6 Å². The van der Waals surface area contributed by atoms with E-state index in [4.69, 9.17) is 0 Å². The van der Waals surface area contributed by atoms with Gasteiger partial charge in [-0.3, -0.25) is 4.98 Å². The van der Waals surface area contributed by atoms with E-state index in [9.17, 15) is 8.42 Å². The SMILES string of the molecule is CCNCc1ccc(S(=O)(=O)NC(C)c2ccccn2)s1. The van der Waals surface area contributed by atoms with Gasteiger partial charge in [0.1, 0.15) is 4.21 Å². The van der Waals surface area contributed by atoms with E-state index in [0.29, 0.717) is 16.4 Å². The highest BCUT2D eigenvalue weighted by atomic mass is 32.2. The smallest absolute Gasteiger partial charge is 0.250 e. The number of rotatable bonds is 7. The molecule has 2 N–H and O–H groups in total. The maximum atomic E-state index is 12.4. The van der Waals surface area contributed by atoms with E-state index in [1.807, 2.05) is 19.1 Å². The number of nitrogens with one attached hydrogen (secondary N) is 2. The molecule has 0 radical (unpaired) electrons. The zero-order chi connectivity index (χ0) is 15.3. The van der Waals surface area contributed by atoms with Gasteiger partial charge in [-0.25, -0.2) is 13.1 Å². The Morgan fingerprint density at radius 2 is 2.10 bits per heavy atom. The molecule has 2 aromatic rings. The van der Waals surface area contributed by atoms with Gasteiger partial charge in [-0.05, 0) is 37.7 Å². The zero-order valence-corrected chi connectivity index (χ0v) is 13.7. The average molecular weight is 325 g/mol. The van der Waals surface area contributed by atoms with Crippen LogP contribution in [0.2, 0.25) is 0 Å². The van der Waals surface area contributed by atoms with Crippen molar-refractivity contribution in [2.24, 2.45) is 0 Å². The second-order valence-corrected chi connectivity index (χ2v) is 7.71. The summed E-state index contributed by atoms with van der Waals surface area (Å²) in [5.41, 5.74) is 0.700. The van der Waals surface area contributed by atoms with Crippen LogP contribution in [0, 0.1) is 0 Å². The molecule has 0 aliphatic rings. The minimum absolute atomic E-state index is 0.332. The third-order valence-corrected chi connectivity index (χ3v) is 6.03. The molecule has 2 aromatic heterocycles. The van der Waals surface area contributed by atoms with Gasteiger partial charge in [0, 0.05) is 17.6 Å². The van der Waals surface area contributed by atoms with Gasteiger partial charge < -0.3 is 5.32 Å². The van der Waals surface area contributed by atoms with Gasteiger partial charge in [-0.1, -0.05) is 13.0 Å². The number of pyridine rings is 1. The van der Waals surface area contributed by atoms with E-state index in [0.717, 1.165) is 11.4 Å². The van der Waals surface area contributed by atoms with Gasteiger partial charge in [0.15, 0.2) is 0 Å². The lowest BCUT2D eigenvalue weighted by Crippen LogP contribution is -2.26. The fraction of sp³-hybridized carbons (Fsp3) is 0.357. The molecule has 1 atom stereocenters. The van der Waals surface area contributed by atoms with E-state index in [1.54, 1.807) is 31.3 Å². The lowest BCUT2D eigenvalue weighted by molar-refractivity contribution is 0.566. The molecule has 5 nitrogen and oxygen atoms in total. The molecule has 0 aliphatic carbocycles. The highest BCUT2D eigenvalue weighted by Gasteiger charge is 2.20. The van der Waals surface area contributed by atoms with Crippen molar-refractivity contribution >= 4 is 21.4 Å². The number of sulfonamides is 1. The van der Waals surface area contributed by atoms with Crippen LogP contribution in [0.3, 0.4) is 0 Å². The minimum Gasteiger partial charge on any atom is -0.312 e. The van der Waals surface area contributed by atoms with Crippen LogP contribution in [0.4, 0.5) is 0 Å². The number of hydrogen-bond donors (Lipinski definition) is 2. The molecule has 1 unspecified atom stereocenters. The Morgan fingerprint density at radius 1 is 1.29 bits per heavy atom. The molecule has 0 aliphatic heterocycles. The summed E-state index contributed by atoms with van der Waals surface area (Å²) in [4.78, 5) is 5.17. The first-order chi connectivity index (χ1) is 10.0. The van der Waals surface area contributed by atoms with E-state index in [1.165, 1.54) is 11.3 Å². The Bertz CT molecular complexity index is 669. The van der Waals surface area contributed by atoms with Crippen molar-refractivity contribution in [1.82, 2.24) is 15.0 Å². The van der Waals surface area contributed by atoms with Crippen molar-refractivity contribution in [3.05, 3.63) is 47.1 Å². The monoisotopic (exact) mass is 325 g/mol. The van der Waals surface area contributed by atoms with E-state index in [2.05, 4.69) is 15.0 Å². The molecule has 0 amide bonds. The summed E-state index contributed by atoms with van der Waals surface area (Å²) in [6.45, 7) is 5.34. The summed E-state index contributed by atoms with van der Waals surface area (Å²) < 4.78 is 27.7. The summed E-state index contributed by atoms with van der Waals surface area (Å²) in [6.07, 6.45) is 1.65. The molecule has 21 heavy (non-hydrogen) atoms. The quantitative estimate of drug-likeness (QED) is 0.819. The number of hydrogen-bond acceptors (Lipinski definition) is 5. The summed E-state index contributed by atoms with van der Waals surface area (Å²) in [5, 5.41) is 3.18. The minimum atomic E-state index is -3.51. The molecule has 7 heteroatoms. The molecular weight excluding hydrogens is 306 g/mol. The normalized spacial score (nSPS) is 13.2. The van der Waals surface area contributed by atoms with Gasteiger partial charge >= 0.3 is 0 Å². The van der Waals surface area contributed by atoms with E-state index >= 15 is 0 Å². The van der Waals surface area contributed by atoms with Crippen LogP contribution in [0.5, 0.6) is 0 Å². The van der Waals surface area contributed by atoms with Gasteiger partial charge in [-0.2, -0.15) is 0 Å². The Hall–Kier alpha value is -1.28. The molecule has 0 saturated carbocycles. The predicted molar refractivity (Wildman–Crippen MR) is 84.7 cm³/mol. The fourth-order valence-corrected chi connectivity index (χ4v) is 4.39.